The Morgan fingerprint density at radius 1 is 1.53 bits per heavy atom. The molecule has 1 atom stereocenters. The van der Waals surface area contributed by atoms with Gasteiger partial charge in [-0.3, -0.25) is 4.79 Å². The molecule has 0 bridgehead atoms. The Balaban J connectivity index is 2.67. The van der Waals surface area contributed by atoms with Crippen LogP contribution in [0.1, 0.15) is 29.8 Å². The van der Waals surface area contributed by atoms with Crippen molar-refractivity contribution in [1.82, 2.24) is 5.32 Å². The van der Waals surface area contributed by atoms with Gasteiger partial charge in [0.25, 0.3) is 5.91 Å². The molecular formula is C13H18BrNO2. The lowest BCUT2D eigenvalue weighted by Crippen LogP contribution is -2.36. The molecule has 0 saturated carbocycles. The largest absolute Gasteiger partial charge is 0.380 e. The third kappa shape index (κ3) is 4.13. The number of ether oxygens (including phenoxy) is 1. The van der Waals surface area contributed by atoms with E-state index in [4.69, 9.17) is 4.74 Å². The summed E-state index contributed by atoms with van der Waals surface area (Å²) in [7, 11) is 0. The van der Waals surface area contributed by atoms with Crippen molar-refractivity contribution in [3.63, 3.8) is 0 Å². The van der Waals surface area contributed by atoms with Crippen molar-refractivity contribution < 1.29 is 9.53 Å². The number of amides is 1. The van der Waals surface area contributed by atoms with Crippen LogP contribution in [0.25, 0.3) is 0 Å². The number of benzene rings is 1. The van der Waals surface area contributed by atoms with Gasteiger partial charge in [0.1, 0.15) is 0 Å². The van der Waals surface area contributed by atoms with Gasteiger partial charge in [-0.15, -0.1) is 0 Å². The van der Waals surface area contributed by atoms with Crippen LogP contribution in [-0.4, -0.2) is 25.2 Å². The number of nitrogens with one attached hydrogen (secondary N) is 1. The first-order chi connectivity index (χ1) is 8.06. The molecule has 0 fully saturated rings. The molecule has 0 aliphatic rings. The van der Waals surface area contributed by atoms with E-state index in [9.17, 15) is 4.79 Å². The van der Waals surface area contributed by atoms with E-state index in [2.05, 4.69) is 21.2 Å². The summed E-state index contributed by atoms with van der Waals surface area (Å²) in [6.07, 6.45) is 0. The van der Waals surface area contributed by atoms with Gasteiger partial charge >= 0.3 is 0 Å². The zero-order valence-electron chi connectivity index (χ0n) is 10.4. The maximum atomic E-state index is 12.0. The maximum absolute atomic E-state index is 12.0. The molecule has 1 rings (SSSR count). The average molecular weight is 300 g/mol. The second kappa shape index (κ2) is 6.77. The van der Waals surface area contributed by atoms with Gasteiger partial charge in [0.15, 0.2) is 0 Å². The fourth-order valence-corrected chi connectivity index (χ4v) is 1.86. The summed E-state index contributed by atoms with van der Waals surface area (Å²) in [5.41, 5.74) is 1.65. The lowest BCUT2D eigenvalue weighted by atomic mass is 10.1. The number of hydrogen-bond acceptors (Lipinski definition) is 2. The molecule has 1 unspecified atom stereocenters. The number of carbonyl (C=O) groups is 1. The predicted octanol–water partition coefficient (Wildman–Crippen LogP) is 2.91. The third-order valence-corrected chi connectivity index (χ3v) is 3.32. The first kappa shape index (κ1) is 14.2. The van der Waals surface area contributed by atoms with Crippen LogP contribution < -0.4 is 5.32 Å². The molecule has 1 amide bonds. The lowest BCUT2D eigenvalue weighted by molar-refractivity contribution is 0.0871. The maximum Gasteiger partial charge on any atom is 0.251 e. The van der Waals surface area contributed by atoms with E-state index in [1.165, 1.54) is 0 Å². The number of rotatable bonds is 5. The highest BCUT2D eigenvalue weighted by atomic mass is 79.9. The van der Waals surface area contributed by atoms with Crippen molar-refractivity contribution in [3.8, 4) is 0 Å². The molecule has 4 heteroatoms. The molecule has 1 aromatic carbocycles. The second-order valence-corrected chi connectivity index (χ2v) is 4.80. The van der Waals surface area contributed by atoms with Gasteiger partial charge in [0, 0.05) is 22.7 Å². The Morgan fingerprint density at radius 2 is 2.24 bits per heavy atom. The van der Waals surface area contributed by atoms with E-state index in [1.54, 1.807) is 0 Å². The molecule has 0 heterocycles. The standard InChI is InChI=1S/C13H18BrNO2/c1-4-17-8-9(2)15-13(16)11-6-5-7-12(14)10(11)3/h5-7,9H,4,8H2,1-3H3,(H,15,16). The van der Waals surface area contributed by atoms with Crippen molar-refractivity contribution in [1.29, 1.82) is 0 Å². The molecule has 1 N–H and O–H groups in total. The Kier molecular flexibility index (Phi) is 5.65. The minimum Gasteiger partial charge on any atom is -0.380 e. The number of carbonyl (C=O) groups excluding carboxylic acids is 1. The Morgan fingerprint density at radius 3 is 2.88 bits per heavy atom. The van der Waals surface area contributed by atoms with E-state index in [1.807, 2.05) is 39.0 Å². The van der Waals surface area contributed by atoms with Crippen LogP contribution >= 0.6 is 15.9 Å². The highest BCUT2D eigenvalue weighted by Crippen LogP contribution is 2.19. The fraction of sp³-hybridized carbons (Fsp3) is 0.462. The SMILES string of the molecule is CCOCC(C)NC(=O)c1cccc(Br)c1C. The van der Waals surface area contributed by atoms with E-state index in [0.29, 0.717) is 18.8 Å². The predicted molar refractivity (Wildman–Crippen MR) is 72.3 cm³/mol. The molecule has 94 valence electrons. The van der Waals surface area contributed by atoms with Crippen LogP contribution in [0.5, 0.6) is 0 Å². The van der Waals surface area contributed by atoms with E-state index >= 15 is 0 Å². The van der Waals surface area contributed by atoms with Crippen molar-refractivity contribution in [2.75, 3.05) is 13.2 Å². The summed E-state index contributed by atoms with van der Waals surface area (Å²) in [5.74, 6) is -0.0593. The first-order valence-corrected chi connectivity index (χ1v) is 6.49. The van der Waals surface area contributed by atoms with Crippen LogP contribution in [0, 0.1) is 6.92 Å². The van der Waals surface area contributed by atoms with E-state index < -0.39 is 0 Å². The van der Waals surface area contributed by atoms with Gasteiger partial charge in [-0.25, -0.2) is 0 Å². The quantitative estimate of drug-likeness (QED) is 0.908. The third-order valence-electron chi connectivity index (χ3n) is 2.46. The topological polar surface area (TPSA) is 38.3 Å². The lowest BCUT2D eigenvalue weighted by Gasteiger charge is -2.15. The zero-order chi connectivity index (χ0) is 12.8. The fourth-order valence-electron chi connectivity index (χ4n) is 1.49. The molecule has 0 aliphatic heterocycles. The zero-order valence-corrected chi connectivity index (χ0v) is 12.0. The minimum atomic E-state index is -0.0593. The molecule has 17 heavy (non-hydrogen) atoms. The molecule has 1 aromatic rings. The summed E-state index contributed by atoms with van der Waals surface area (Å²) < 4.78 is 6.21. The van der Waals surface area contributed by atoms with Crippen molar-refractivity contribution in [3.05, 3.63) is 33.8 Å². The summed E-state index contributed by atoms with van der Waals surface area (Å²) in [6, 6.07) is 5.62. The van der Waals surface area contributed by atoms with Gasteiger partial charge in [0.2, 0.25) is 0 Å². The van der Waals surface area contributed by atoms with Crippen LogP contribution in [-0.2, 0) is 4.74 Å². The van der Waals surface area contributed by atoms with Gasteiger partial charge in [-0.2, -0.15) is 0 Å². The van der Waals surface area contributed by atoms with Crippen LogP contribution in [0.4, 0.5) is 0 Å². The molecule has 3 nitrogen and oxygen atoms in total. The second-order valence-electron chi connectivity index (χ2n) is 3.95. The normalized spacial score (nSPS) is 12.2. The molecule has 0 aromatic heterocycles. The van der Waals surface area contributed by atoms with Gasteiger partial charge in [0.05, 0.1) is 6.61 Å². The Bertz CT molecular complexity index is 393. The molecule has 0 aliphatic carbocycles. The Hall–Kier alpha value is -0.870. The summed E-state index contributed by atoms with van der Waals surface area (Å²) in [4.78, 5) is 12.0. The highest BCUT2D eigenvalue weighted by molar-refractivity contribution is 9.10. The Labute approximate surface area is 111 Å². The van der Waals surface area contributed by atoms with E-state index in [-0.39, 0.29) is 11.9 Å². The molecule has 0 radical (unpaired) electrons. The number of hydrogen-bond donors (Lipinski definition) is 1. The van der Waals surface area contributed by atoms with Crippen molar-refractivity contribution in [2.24, 2.45) is 0 Å². The molecule has 0 saturated heterocycles. The average Bonchev–Trinajstić information content (AvgIpc) is 2.29. The summed E-state index contributed by atoms with van der Waals surface area (Å²) >= 11 is 3.42. The molecule has 0 spiro atoms. The summed E-state index contributed by atoms with van der Waals surface area (Å²) in [5, 5.41) is 2.91. The van der Waals surface area contributed by atoms with Crippen LogP contribution in [0.15, 0.2) is 22.7 Å². The number of halogens is 1. The van der Waals surface area contributed by atoms with Crippen molar-refractivity contribution in [2.45, 2.75) is 26.8 Å². The van der Waals surface area contributed by atoms with Gasteiger partial charge in [-0.05, 0) is 38.5 Å². The molecular weight excluding hydrogens is 282 g/mol. The van der Waals surface area contributed by atoms with Gasteiger partial charge in [-0.1, -0.05) is 22.0 Å². The highest BCUT2D eigenvalue weighted by Gasteiger charge is 2.13. The van der Waals surface area contributed by atoms with E-state index in [0.717, 1.165) is 10.0 Å². The van der Waals surface area contributed by atoms with Crippen LogP contribution in [0.3, 0.4) is 0 Å². The van der Waals surface area contributed by atoms with Gasteiger partial charge < -0.3 is 10.1 Å². The minimum absolute atomic E-state index is 0.0147. The monoisotopic (exact) mass is 299 g/mol. The van der Waals surface area contributed by atoms with Crippen molar-refractivity contribution >= 4 is 21.8 Å². The summed E-state index contributed by atoms with van der Waals surface area (Å²) in [6.45, 7) is 6.99. The smallest absolute Gasteiger partial charge is 0.251 e. The van der Waals surface area contributed by atoms with Crippen LogP contribution in [0.2, 0.25) is 0 Å². The first-order valence-electron chi connectivity index (χ1n) is 5.70.